The molecule has 0 saturated carbocycles. The number of hydrogen-bond acceptors (Lipinski definition) is 2. The Balaban J connectivity index is 1.88. The van der Waals surface area contributed by atoms with Crippen LogP contribution in [0.4, 0.5) is 0 Å². The summed E-state index contributed by atoms with van der Waals surface area (Å²) < 4.78 is 5.82. The number of carboxylic acid groups (broad SMARTS) is 1. The summed E-state index contributed by atoms with van der Waals surface area (Å²) in [5, 5.41) is 8.91. The first kappa shape index (κ1) is 8.92. The zero-order chi connectivity index (χ0) is 10.4. The molecular formula is C12H12O3. The summed E-state index contributed by atoms with van der Waals surface area (Å²) in [5.41, 5.74) is 0.506. The highest BCUT2D eigenvalue weighted by Gasteiger charge is 2.45. The monoisotopic (exact) mass is 204 g/mol. The molecule has 0 aromatic heterocycles. The van der Waals surface area contributed by atoms with Gasteiger partial charge in [0.1, 0.15) is 0 Å². The van der Waals surface area contributed by atoms with Crippen molar-refractivity contribution in [1.29, 1.82) is 0 Å². The number of fused-ring (bicyclic) bond motifs is 3. The number of aliphatic carboxylic acids is 1. The van der Waals surface area contributed by atoms with E-state index >= 15 is 0 Å². The molecule has 0 aromatic rings. The lowest BCUT2D eigenvalue weighted by Crippen LogP contribution is -2.17. The van der Waals surface area contributed by atoms with Crippen molar-refractivity contribution in [1.82, 2.24) is 0 Å². The fourth-order valence-electron chi connectivity index (χ4n) is 2.71. The molecule has 0 aromatic carbocycles. The van der Waals surface area contributed by atoms with Gasteiger partial charge in [0.25, 0.3) is 0 Å². The molecule has 3 rings (SSSR count). The SMILES string of the molecule is O=C(O)C1=CC2C(C1)OC1C=CC=CC12. The third-order valence-corrected chi connectivity index (χ3v) is 3.42. The summed E-state index contributed by atoms with van der Waals surface area (Å²) in [6, 6.07) is 0. The zero-order valence-electron chi connectivity index (χ0n) is 8.17. The van der Waals surface area contributed by atoms with Gasteiger partial charge in [-0.15, -0.1) is 0 Å². The Morgan fingerprint density at radius 1 is 1.33 bits per heavy atom. The van der Waals surface area contributed by atoms with Crippen molar-refractivity contribution in [2.24, 2.45) is 11.8 Å². The van der Waals surface area contributed by atoms with Crippen LogP contribution in [0.5, 0.6) is 0 Å². The van der Waals surface area contributed by atoms with E-state index in [9.17, 15) is 4.79 Å². The molecular weight excluding hydrogens is 192 g/mol. The third kappa shape index (κ3) is 1.27. The van der Waals surface area contributed by atoms with Gasteiger partial charge in [0, 0.05) is 23.8 Å². The van der Waals surface area contributed by atoms with Crippen LogP contribution in [0.15, 0.2) is 36.0 Å². The third-order valence-electron chi connectivity index (χ3n) is 3.42. The van der Waals surface area contributed by atoms with E-state index in [0.29, 0.717) is 17.9 Å². The Bertz CT molecular complexity index is 392. The molecule has 0 amide bonds. The Kier molecular flexibility index (Phi) is 1.83. The lowest BCUT2D eigenvalue weighted by molar-refractivity contribution is -0.133. The van der Waals surface area contributed by atoms with Crippen LogP contribution < -0.4 is 0 Å². The molecule has 1 heterocycles. The van der Waals surface area contributed by atoms with E-state index in [2.05, 4.69) is 12.2 Å². The molecule has 3 heteroatoms. The summed E-state index contributed by atoms with van der Waals surface area (Å²) in [7, 11) is 0. The Morgan fingerprint density at radius 3 is 2.93 bits per heavy atom. The van der Waals surface area contributed by atoms with Crippen LogP contribution in [0.2, 0.25) is 0 Å². The van der Waals surface area contributed by atoms with E-state index in [1.165, 1.54) is 0 Å². The lowest BCUT2D eigenvalue weighted by atomic mass is 9.87. The highest BCUT2D eigenvalue weighted by atomic mass is 16.5. The first-order chi connectivity index (χ1) is 7.25. The van der Waals surface area contributed by atoms with Gasteiger partial charge in [0.2, 0.25) is 0 Å². The van der Waals surface area contributed by atoms with Crippen molar-refractivity contribution >= 4 is 5.97 Å². The molecule has 1 aliphatic heterocycles. The second-order valence-corrected chi connectivity index (χ2v) is 4.26. The van der Waals surface area contributed by atoms with Gasteiger partial charge in [0.05, 0.1) is 12.2 Å². The standard InChI is InChI=1S/C12H12O3/c13-12(14)7-5-9-8-3-1-2-4-10(8)15-11(9)6-7/h1-5,8-11H,6H2,(H,13,14). The lowest BCUT2D eigenvalue weighted by Gasteiger charge is -2.16. The van der Waals surface area contributed by atoms with E-state index < -0.39 is 5.97 Å². The molecule has 3 aliphatic rings. The van der Waals surface area contributed by atoms with Gasteiger partial charge in [-0.3, -0.25) is 0 Å². The van der Waals surface area contributed by atoms with E-state index in [-0.39, 0.29) is 18.1 Å². The molecule has 1 N–H and O–H groups in total. The maximum Gasteiger partial charge on any atom is 0.331 e. The topological polar surface area (TPSA) is 46.5 Å². The van der Waals surface area contributed by atoms with Crippen LogP contribution in [-0.2, 0) is 9.53 Å². The minimum absolute atomic E-state index is 0.0681. The van der Waals surface area contributed by atoms with Crippen LogP contribution in [0.3, 0.4) is 0 Å². The maximum absolute atomic E-state index is 10.8. The molecule has 0 radical (unpaired) electrons. The van der Waals surface area contributed by atoms with Crippen LogP contribution >= 0.6 is 0 Å². The average Bonchev–Trinajstić information content (AvgIpc) is 2.73. The zero-order valence-corrected chi connectivity index (χ0v) is 8.17. The van der Waals surface area contributed by atoms with Crippen molar-refractivity contribution in [3.8, 4) is 0 Å². The molecule has 0 bridgehead atoms. The summed E-state index contributed by atoms with van der Waals surface area (Å²) in [6.07, 6.45) is 10.8. The van der Waals surface area contributed by atoms with Gasteiger partial charge in [-0.1, -0.05) is 30.4 Å². The van der Waals surface area contributed by atoms with E-state index in [1.807, 2.05) is 18.2 Å². The summed E-state index contributed by atoms with van der Waals surface area (Å²) in [5.74, 6) is -0.223. The second-order valence-electron chi connectivity index (χ2n) is 4.26. The molecule has 2 aliphatic carbocycles. The van der Waals surface area contributed by atoms with Crippen LogP contribution in [-0.4, -0.2) is 23.3 Å². The Hall–Kier alpha value is -1.35. The van der Waals surface area contributed by atoms with Crippen LogP contribution in [0, 0.1) is 11.8 Å². The second kappa shape index (κ2) is 3.07. The minimum Gasteiger partial charge on any atom is -0.478 e. The molecule has 1 saturated heterocycles. The van der Waals surface area contributed by atoms with E-state index in [4.69, 9.17) is 9.84 Å². The summed E-state index contributed by atoms with van der Waals surface area (Å²) in [6.45, 7) is 0. The van der Waals surface area contributed by atoms with Crippen LogP contribution in [0.1, 0.15) is 6.42 Å². The smallest absolute Gasteiger partial charge is 0.331 e. The molecule has 15 heavy (non-hydrogen) atoms. The number of carboxylic acids is 1. The summed E-state index contributed by atoms with van der Waals surface area (Å²) in [4.78, 5) is 10.8. The van der Waals surface area contributed by atoms with Gasteiger partial charge in [-0.25, -0.2) is 4.79 Å². The number of rotatable bonds is 1. The van der Waals surface area contributed by atoms with Crippen molar-refractivity contribution < 1.29 is 14.6 Å². The Labute approximate surface area is 87.7 Å². The molecule has 3 nitrogen and oxygen atoms in total. The number of ether oxygens (including phenoxy) is 1. The predicted octanol–water partition coefficient (Wildman–Crippen LogP) is 1.53. The van der Waals surface area contributed by atoms with Gasteiger partial charge in [0.15, 0.2) is 0 Å². The first-order valence-corrected chi connectivity index (χ1v) is 5.20. The largest absolute Gasteiger partial charge is 0.478 e. The van der Waals surface area contributed by atoms with Gasteiger partial charge in [-0.2, -0.15) is 0 Å². The van der Waals surface area contributed by atoms with Gasteiger partial charge >= 0.3 is 5.97 Å². The number of allylic oxidation sites excluding steroid dienone is 2. The van der Waals surface area contributed by atoms with Crippen molar-refractivity contribution in [2.45, 2.75) is 18.6 Å². The van der Waals surface area contributed by atoms with Crippen molar-refractivity contribution in [2.75, 3.05) is 0 Å². The normalized spacial score (nSPS) is 41.2. The van der Waals surface area contributed by atoms with Crippen molar-refractivity contribution in [3.63, 3.8) is 0 Å². The molecule has 4 atom stereocenters. The quantitative estimate of drug-likeness (QED) is 0.704. The highest BCUT2D eigenvalue weighted by Crippen LogP contribution is 2.43. The highest BCUT2D eigenvalue weighted by molar-refractivity contribution is 5.87. The molecule has 0 spiro atoms. The fourth-order valence-corrected chi connectivity index (χ4v) is 2.71. The predicted molar refractivity (Wildman–Crippen MR) is 54.3 cm³/mol. The van der Waals surface area contributed by atoms with E-state index in [1.54, 1.807) is 0 Å². The molecule has 4 unspecified atom stereocenters. The van der Waals surface area contributed by atoms with Crippen molar-refractivity contribution in [3.05, 3.63) is 36.0 Å². The average molecular weight is 204 g/mol. The molecule has 78 valence electrons. The van der Waals surface area contributed by atoms with E-state index in [0.717, 1.165) is 0 Å². The van der Waals surface area contributed by atoms with Gasteiger partial charge in [-0.05, 0) is 0 Å². The number of hydrogen-bond donors (Lipinski definition) is 1. The Morgan fingerprint density at radius 2 is 2.13 bits per heavy atom. The van der Waals surface area contributed by atoms with Gasteiger partial charge < -0.3 is 9.84 Å². The minimum atomic E-state index is -0.806. The maximum atomic E-state index is 10.8. The fraction of sp³-hybridized carbons (Fsp3) is 0.417. The first-order valence-electron chi connectivity index (χ1n) is 5.20. The summed E-state index contributed by atoms with van der Waals surface area (Å²) >= 11 is 0. The number of carbonyl (C=O) groups is 1. The molecule has 1 fully saturated rings. The van der Waals surface area contributed by atoms with Crippen LogP contribution in [0.25, 0.3) is 0 Å².